The molecule has 0 aromatic heterocycles. The lowest BCUT2D eigenvalue weighted by molar-refractivity contribution is -0.124. The lowest BCUT2D eigenvalue weighted by Gasteiger charge is -2.09. The molecule has 0 aliphatic heterocycles. The lowest BCUT2D eigenvalue weighted by Crippen LogP contribution is -2.34. The zero-order chi connectivity index (χ0) is 8.85. The first-order chi connectivity index (χ1) is 5.11. The fourth-order valence-electron chi connectivity index (χ4n) is 0.821. The van der Waals surface area contributed by atoms with Crippen LogP contribution in [0.5, 0.6) is 0 Å². The Hall–Kier alpha value is -0.700. The topological polar surface area (TPSA) is 46.2 Å². The van der Waals surface area contributed by atoms with Crippen molar-refractivity contribution in [1.82, 2.24) is 5.32 Å². The highest BCUT2D eigenvalue weighted by Crippen LogP contribution is 1.96. The van der Waals surface area contributed by atoms with Crippen molar-refractivity contribution in [1.29, 1.82) is 0 Å². The van der Waals surface area contributed by atoms with E-state index in [0.29, 0.717) is 12.8 Å². The van der Waals surface area contributed by atoms with Crippen LogP contribution in [0.15, 0.2) is 0 Å². The summed E-state index contributed by atoms with van der Waals surface area (Å²) in [5.41, 5.74) is 0. The summed E-state index contributed by atoms with van der Waals surface area (Å²) in [5.74, 6) is 0.147. The van der Waals surface area contributed by atoms with Crippen molar-refractivity contribution < 1.29 is 9.59 Å². The lowest BCUT2D eigenvalue weighted by atomic mass is 10.1. The average molecular weight is 157 g/mol. The number of likely N-dealkylation sites (N-methyl/N-ethyl adjacent to an activating group) is 1. The number of ketones is 2. The Bertz CT molecular complexity index is 154. The summed E-state index contributed by atoms with van der Waals surface area (Å²) < 4.78 is 0. The summed E-state index contributed by atoms with van der Waals surface area (Å²) in [7, 11) is 1.69. The van der Waals surface area contributed by atoms with Crippen molar-refractivity contribution in [2.75, 3.05) is 7.05 Å². The summed E-state index contributed by atoms with van der Waals surface area (Å²) >= 11 is 0. The molecule has 64 valence electrons. The fraction of sp³-hybridized carbons (Fsp3) is 0.750. The van der Waals surface area contributed by atoms with E-state index >= 15 is 0 Å². The molecule has 0 saturated heterocycles. The van der Waals surface area contributed by atoms with E-state index in [1.54, 1.807) is 14.0 Å². The van der Waals surface area contributed by atoms with Gasteiger partial charge in [0.25, 0.3) is 0 Å². The second-order valence-corrected chi connectivity index (χ2v) is 2.55. The van der Waals surface area contributed by atoms with Gasteiger partial charge in [0.1, 0.15) is 11.6 Å². The van der Waals surface area contributed by atoms with Crippen LogP contribution in [0.4, 0.5) is 0 Å². The maximum Gasteiger partial charge on any atom is 0.147 e. The highest BCUT2D eigenvalue weighted by atomic mass is 16.1. The van der Waals surface area contributed by atoms with Gasteiger partial charge in [-0.3, -0.25) is 9.59 Å². The van der Waals surface area contributed by atoms with Gasteiger partial charge in [-0.1, -0.05) is 6.92 Å². The highest BCUT2D eigenvalue weighted by Gasteiger charge is 2.14. The number of hydrogen-bond acceptors (Lipinski definition) is 3. The summed E-state index contributed by atoms with van der Waals surface area (Å²) in [4.78, 5) is 21.7. The number of rotatable bonds is 5. The Balaban J connectivity index is 3.88. The molecule has 0 spiro atoms. The van der Waals surface area contributed by atoms with Gasteiger partial charge < -0.3 is 5.32 Å². The average Bonchev–Trinajstić information content (AvgIpc) is 1.99. The Kier molecular flexibility index (Phi) is 4.70. The highest BCUT2D eigenvalue weighted by molar-refractivity contribution is 5.88. The molecule has 1 atom stereocenters. The Morgan fingerprint density at radius 3 is 2.27 bits per heavy atom. The van der Waals surface area contributed by atoms with Gasteiger partial charge in [-0.25, -0.2) is 0 Å². The third-order valence-electron chi connectivity index (χ3n) is 1.67. The summed E-state index contributed by atoms with van der Waals surface area (Å²) in [5, 5.41) is 2.80. The van der Waals surface area contributed by atoms with Gasteiger partial charge in [-0.15, -0.1) is 0 Å². The van der Waals surface area contributed by atoms with E-state index in [-0.39, 0.29) is 17.6 Å². The molecule has 0 aliphatic rings. The molecule has 3 heteroatoms. The molecule has 0 aromatic carbocycles. The van der Waals surface area contributed by atoms with Gasteiger partial charge in [0, 0.05) is 12.8 Å². The molecule has 0 heterocycles. The van der Waals surface area contributed by atoms with E-state index < -0.39 is 0 Å². The standard InChI is InChI=1S/C8H15NO2/c1-4-7(11)5-8(9-3)6(2)10/h8-9H,4-5H2,1-3H3. The van der Waals surface area contributed by atoms with E-state index in [0.717, 1.165) is 0 Å². The second-order valence-electron chi connectivity index (χ2n) is 2.55. The van der Waals surface area contributed by atoms with Crippen molar-refractivity contribution >= 4 is 11.6 Å². The van der Waals surface area contributed by atoms with Crippen LogP contribution in [0.3, 0.4) is 0 Å². The molecule has 0 aliphatic carbocycles. The Morgan fingerprint density at radius 1 is 1.45 bits per heavy atom. The van der Waals surface area contributed by atoms with Crippen molar-refractivity contribution in [3.63, 3.8) is 0 Å². The molecular weight excluding hydrogens is 142 g/mol. The number of hydrogen-bond donors (Lipinski definition) is 1. The van der Waals surface area contributed by atoms with Crippen molar-refractivity contribution in [3.05, 3.63) is 0 Å². The molecule has 0 rings (SSSR count). The largest absolute Gasteiger partial charge is 0.310 e. The van der Waals surface area contributed by atoms with Crippen molar-refractivity contribution in [2.45, 2.75) is 32.7 Å². The van der Waals surface area contributed by atoms with Crippen LogP contribution in [0.25, 0.3) is 0 Å². The molecule has 0 saturated carbocycles. The maximum atomic E-state index is 10.9. The fourth-order valence-corrected chi connectivity index (χ4v) is 0.821. The normalized spacial score (nSPS) is 12.6. The number of nitrogens with one attached hydrogen (secondary N) is 1. The summed E-state index contributed by atoms with van der Waals surface area (Å²) in [6.07, 6.45) is 0.827. The number of carbonyl (C=O) groups is 2. The second kappa shape index (κ2) is 5.02. The minimum Gasteiger partial charge on any atom is -0.310 e. The molecular formula is C8H15NO2. The number of carbonyl (C=O) groups excluding carboxylic acids is 2. The van der Waals surface area contributed by atoms with E-state index in [1.807, 2.05) is 0 Å². The van der Waals surface area contributed by atoms with Crippen LogP contribution in [0, 0.1) is 0 Å². The van der Waals surface area contributed by atoms with Crippen LogP contribution in [-0.4, -0.2) is 24.7 Å². The SMILES string of the molecule is CCC(=O)CC(NC)C(C)=O. The third-order valence-corrected chi connectivity index (χ3v) is 1.67. The molecule has 0 amide bonds. The predicted molar refractivity (Wildman–Crippen MR) is 43.4 cm³/mol. The van der Waals surface area contributed by atoms with Gasteiger partial charge >= 0.3 is 0 Å². The molecule has 1 unspecified atom stereocenters. The first-order valence-corrected chi connectivity index (χ1v) is 3.81. The predicted octanol–water partition coefficient (Wildman–Crippen LogP) is 0.533. The molecule has 1 N–H and O–H groups in total. The molecule has 0 fully saturated rings. The van der Waals surface area contributed by atoms with E-state index in [1.165, 1.54) is 6.92 Å². The van der Waals surface area contributed by atoms with E-state index in [9.17, 15) is 9.59 Å². The quantitative estimate of drug-likeness (QED) is 0.633. The Labute approximate surface area is 67.2 Å². The van der Waals surface area contributed by atoms with Crippen LogP contribution in [-0.2, 0) is 9.59 Å². The van der Waals surface area contributed by atoms with Crippen molar-refractivity contribution in [2.24, 2.45) is 0 Å². The Morgan fingerprint density at radius 2 is 2.00 bits per heavy atom. The smallest absolute Gasteiger partial charge is 0.147 e. The van der Waals surface area contributed by atoms with Gasteiger partial charge in [0.15, 0.2) is 0 Å². The zero-order valence-electron chi connectivity index (χ0n) is 7.31. The van der Waals surface area contributed by atoms with Gasteiger partial charge in [0.2, 0.25) is 0 Å². The minimum atomic E-state index is -0.289. The molecule has 0 radical (unpaired) electrons. The maximum absolute atomic E-state index is 10.9. The van der Waals surface area contributed by atoms with Crippen molar-refractivity contribution in [3.8, 4) is 0 Å². The van der Waals surface area contributed by atoms with E-state index in [2.05, 4.69) is 5.32 Å². The first-order valence-electron chi connectivity index (χ1n) is 3.81. The minimum absolute atomic E-state index is 0.0225. The summed E-state index contributed by atoms with van der Waals surface area (Å²) in [6.45, 7) is 3.29. The molecule has 0 aromatic rings. The van der Waals surface area contributed by atoms with Crippen LogP contribution >= 0.6 is 0 Å². The molecule has 0 bridgehead atoms. The van der Waals surface area contributed by atoms with Gasteiger partial charge in [0.05, 0.1) is 6.04 Å². The van der Waals surface area contributed by atoms with Crippen LogP contribution < -0.4 is 5.32 Å². The van der Waals surface area contributed by atoms with Crippen LogP contribution in [0.2, 0.25) is 0 Å². The van der Waals surface area contributed by atoms with E-state index in [4.69, 9.17) is 0 Å². The summed E-state index contributed by atoms with van der Waals surface area (Å²) in [6, 6.07) is -0.289. The third kappa shape index (κ3) is 3.88. The molecule has 11 heavy (non-hydrogen) atoms. The monoisotopic (exact) mass is 157 g/mol. The number of Topliss-reactive ketones (excluding diaryl/α,β-unsaturated/α-hetero) is 2. The first kappa shape index (κ1) is 10.3. The zero-order valence-corrected chi connectivity index (χ0v) is 7.31. The molecule has 3 nitrogen and oxygen atoms in total. The van der Waals surface area contributed by atoms with Crippen LogP contribution in [0.1, 0.15) is 26.7 Å². The van der Waals surface area contributed by atoms with Gasteiger partial charge in [-0.2, -0.15) is 0 Å². The van der Waals surface area contributed by atoms with Gasteiger partial charge in [-0.05, 0) is 14.0 Å².